The molecule has 0 saturated carbocycles. The summed E-state index contributed by atoms with van der Waals surface area (Å²) in [5.74, 6) is 1.21. The molecule has 0 N–H and O–H groups in total. The van der Waals surface area contributed by atoms with Crippen molar-refractivity contribution < 1.29 is 44.0 Å². The summed E-state index contributed by atoms with van der Waals surface area (Å²) in [6.07, 6.45) is 17.6. The molecule has 4 heteroatoms. The molecule has 2 atom stereocenters. The van der Waals surface area contributed by atoms with Crippen LogP contribution in [0.5, 0.6) is 0 Å². The Labute approximate surface area is 162 Å². The van der Waals surface area contributed by atoms with Crippen LogP contribution < -0.4 is 24.8 Å². The van der Waals surface area contributed by atoms with Gasteiger partial charge in [0.2, 0.25) is 0 Å². The molecule has 124 valence electrons. The van der Waals surface area contributed by atoms with E-state index in [0.29, 0.717) is 11.8 Å². The molecule has 0 aromatic rings. The molecule has 0 fully saturated rings. The van der Waals surface area contributed by atoms with Crippen molar-refractivity contribution in [1.82, 2.24) is 0 Å². The van der Waals surface area contributed by atoms with Crippen LogP contribution in [0.25, 0.3) is 0 Å². The maximum absolute atomic E-state index is 3.24. The fourth-order valence-electron chi connectivity index (χ4n) is 1.78. The van der Waals surface area contributed by atoms with E-state index in [1.165, 1.54) is 24.0 Å². The van der Waals surface area contributed by atoms with Gasteiger partial charge in [-0.15, -0.1) is 13.8 Å². The van der Waals surface area contributed by atoms with Crippen molar-refractivity contribution in [1.29, 1.82) is 0 Å². The first-order valence-corrected chi connectivity index (χ1v) is 12.3. The van der Waals surface area contributed by atoms with Crippen molar-refractivity contribution >= 4 is 6.19 Å². The van der Waals surface area contributed by atoms with Crippen LogP contribution in [0.2, 0.25) is 13.1 Å². The first kappa shape index (κ1) is 27.3. The molecule has 2 aliphatic carbocycles. The van der Waals surface area contributed by atoms with Gasteiger partial charge in [0, 0.05) is 0 Å². The number of halogens is 2. The molecule has 0 spiro atoms. The van der Waals surface area contributed by atoms with Crippen LogP contribution in [-0.4, -0.2) is 6.19 Å². The fourth-order valence-corrected chi connectivity index (χ4v) is 1.78. The van der Waals surface area contributed by atoms with Crippen LogP contribution >= 0.6 is 0 Å². The smallest absolute Gasteiger partial charge is 1.00 e. The molecule has 2 rings (SSSR count). The van der Waals surface area contributed by atoms with E-state index in [-0.39, 0.29) is 31.0 Å². The van der Waals surface area contributed by atoms with Gasteiger partial charge in [0.05, 0.1) is 0 Å². The molecule has 0 bridgehead atoms. The van der Waals surface area contributed by atoms with Crippen LogP contribution in [0.1, 0.15) is 40.5 Å². The molecule has 0 saturated heterocycles. The van der Waals surface area contributed by atoms with E-state index in [2.05, 4.69) is 96.4 Å². The Morgan fingerprint density at radius 1 is 0.909 bits per heavy atom. The Hall–Kier alpha value is 0.471. The Bertz CT molecular complexity index is 385. The third kappa shape index (κ3) is 15.4. The van der Waals surface area contributed by atoms with Gasteiger partial charge in [0.15, 0.2) is 0 Å². The monoisotopic (exact) mass is 390 g/mol. The summed E-state index contributed by atoms with van der Waals surface area (Å²) in [7, 11) is 0. The van der Waals surface area contributed by atoms with Crippen LogP contribution in [-0.2, 0) is 19.2 Å². The molecule has 0 nitrogen and oxygen atoms in total. The number of hydrogen-bond acceptors (Lipinski definition) is 0. The minimum absolute atomic E-state index is 0. The molecule has 0 aromatic heterocycles. The summed E-state index contributed by atoms with van der Waals surface area (Å²) in [4.78, 5) is 0. The van der Waals surface area contributed by atoms with Crippen molar-refractivity contribution in [2.24, 2.45) is 11.8 Å². The second-order valence-electron chi connectivity index (χ2n) is 5.47. The molecule has 0 aromatic carbocycles. The number of allylic oxidation sites excluding steroid dienone is 8. The summed E-state index contributed by atoms with van der Waals surface area (Å²) < 4.78 is 0. The summed E-state index contributed by atoms with van der Waals surface area (Å²) in [6, 6.07) is 0. The average Bonchev–Trinajstić information content (AvgIpc) is 2.97. The quantitative estimate of drug-likeness (QED) is 0.438. The topological polar surface area (TPSA) is 0 Å². The minimum atomic E-state index is 0. The summed E-state index contributed by atoms with van der Waals surface area (Å²) in [5, 5.41) is 0. The first-order valence-electron chi connectivity index (χ1n) is 7.46. The van der Waals surface area contributed by atoms with Crippen molar-refractivity contribution in [2.45, 2.75) is 53.6 Å². The molecule has 2 aliphatic rings. The van der Waals surface area contributed by atoms with E-state index in [1.54, 1.807) is 0 Å². The average molecular weight is 391 g/mol. The standard InChI is InChI=1S/2C8H11.C2H6Si.2ClH.Ti/c2*1-3-8-5-4-7(2)6-8;1-3-2;;;/h2*4,6,8H,3H2,1-2H3;1-2H3;2*1H;/q2*-1;;;;+2/p-2. The zero-order valence-corrected chi connectivity index (χ0v) is 18.7. The molecule has 0 heterocycles. The molecule has 0 amide bonds. The van der Waals surface area contributed by atoms with E-state index >= 15 is 0 Å². The van der Waals surface area contributed by atoms with E-state index < -0.39 is 0 Å². The van der Waals surface area contributed by atoms with E-state index in [1.807, 2.05) is 0 Å². The molecular weight excluding hydrogens is 363 g/mol. The SMILES string of the molecule is CCC1[C-]=CC(C)=C1.CCC1[C-]=CC(C)=C1.C[Si](C)=[Ti+2].[Cl-].[Cl-]. The third-order valence-corrected chi connectivity index (χ3v) is 2.86. The van der Waals surface area contributed by atoms with Gasteiger partial charge >= 0.3 is 38.5 Å². The molecule has 0 radical (unpaired) electrons. The van der Waals surface area contributed by atoms with Crippen LogP contribution in [0, 0.1) is 24.0 Å². The van der Waals surface area contributed by atoms with Gasteiger partial charge in [-0.25, -0.2) is 23.3 Å². The van der Waals surface area contributed by atoms with Crippen LogP contribution in [0.4, 0.5) is 0 Å². The minimum Gasteiger partial charge on any atom is -1.00 e. The maximum atomic E-state index is 3.24. The predicted molar refractivity (Wildman–Crippen MR) is 88.2 cm³/mol. The third-order valence-electron chi connectivity index (χ3n) is 2.86. The second-order valence-corrected chi connectivity index (χ2v) is 12.2. The van der Waals surface area contributed by atoms with Gasteiger partial charge in [-0.3, -0.25) is 12.2 Å². The molecule has 0 aliphatic heterocycles. The molecule has 2 unspecified atom stereocenters. The van der Waals surface area contributed by atoms with Crippen molar-refractivity contribution in [3.63, 3.8) is 0 Å². The van der Waals surface area contributed by atoms with Gasteiger partial charge in [0.1, 0.15) is 0 Å². The fraction of sp³-hybridized carbons (Fsp3) is 0.556. The van der Waals surface area contributed by atoms with Crippen molar-refractivity contribution in [2.75, 3.05) is 0 Å². The number of hydrogen-bond donors (Lipinski definition) is 0. The van der Waals surface area contributed by atoms with Crippen molar-refractivity contribution in [3.05, 3.63) is 47.6 Å². The summed E-state index contributed by atoms with van der Waals surface area (Å²) in [5.41, 5.74) is 2.72. The van der Waals surface area contributed by atoms with Gasteiger partial charge in [0.25, 0.3) is 0 Å². The number of rotatable bonds is 2. The Morgan fingerprint density at radius 2 is 1.18 bits per heavy atom. The van der Waals surface area contributed by atoms with Gasteiger partial charge in [-0.05, 0) is 0 Å². The van der Waals surface area contributed by atoms with Crippen LogP contribution in [0.3, 0.4) is 0 Å². The first-order chi connectivity index (χ1) is 9.38. The maximum Gasteiger partial charge on any atom is -1.00 e. The van der Waals surface area contributed by atoms with Gasteiger partial charge in [-0.1, -0.05) is 38.5 Å². The van der Waals surface area contributed by atoms with Crippen molar-refractivity contribution in [3.8, 4) is 0 Å². The molecular formula is C18H28Cl2SiTi-2. The van der Waals surface area contributed by atoms with Crippen LogP contribution in [0.15, 0.2) is 35.5 Å². The summed E-state index contributed by atoms with van der Waals surface area (Å²) >= 11 is 2.27. The Kier molecular flexibility index (Phi) is 20.3. The predicted octanol–water partition coefficient (Wildman–Crippen LogP) is -0.544. The Morgan fingerprint density at radius 3 is 1.27 bits per heavy atom. The van der Waals surface area contributed by atoms with Gasteiger partial charge in [-0.2, -0.15) is 12.2 Å². The summed E-state index contributed by atoms with van der Waals surface area (Å²) in [6.45, 7) is 13.1. The normalized spacial score (nSPS) is 20.4. The van der Waals surface area contributed by atoms with E-state index in [4.69, 9.17) is 0 Å². The molecule has 22 heavy (non-hydrogen) atoms. The van der Waals surface area contributed by atoms with Gasteiger partial charge < -0.3 is 24.8 Å². The Balaban J connectivity index is -0.000000249. The zero-order chi connectivity index (χ0) is 15.5. The van der Waals surface area contributed by atoms with E-state index in [0.717, 1.165) is 0 Å². The van der Waals surface area contributed by atoms with E-state index in [9.17, 15) is 0 Å². The largest absolute Gasteiger partial charge is 1.00 e. The zero-order valence-electron chi connectivity index (χ0n) is 14.6. The second kappa shape index (κ2) is 16.3.